The third-order valence-corrected chi connectivity index (χ3v) is 2.79. The second kappa shape index (κ2) is 5.04. The number of halogens is 1. The van der Waals surface area contributed by atoms with Crippen LogP contribution in [0.2, 0.25) is 5.02 Å². The summed E-state index contributed by atoms with van der Waals surface area (Å²) in [6.45, 7) is 2.63. The van der Waals surface area contributed by atoms with Crippen LogP contribution >= 0.6 is 11.6 Å². The van der Waals surface area contributed by atoms with Crippen molar-refractivity contribution in [3.05, 3.63) is 64.7 Å². The van der Waals surface area contributed by atoms with Gasteiger partial charge in [0.2, 0.25) is 0 Å². The molecule has 0 heterocycles. The number of ether oxygens (including phenoxy) is 1. The number of para-hydroxylation sites is 1. The van der Waals surface area contributed by atoms with Crippen LogP contribution in [0.25, 0.3) is 0 Å². The minimum Gasteiger partial charge on any atom is -0.487 e. The number of aryl methyl sites for hydroxylation is 1. The van der Waals surface area contributed by atoms with Crippen LogP contribution in [0.4, 0.5) is 0 Å². The number of benzene rings is 2. The summed E-state index contributed by atoms with van der Waals surface area (Å²) in [5, 5.41) is 0.649. The average molecular weight is 233 g/mol. The molecule has 16 heavy (non-hydrogen) atoms. The molecule has 1 nitrogen and oxygen atoms in total. The zero-order valence-electron chi connectivity index (χ0n) is 9.11. The lowest BCUT2D eigenvalue weighted by molar-refractivity contribution is 0.305. The van der Waals surface area contributed by atoms with Crippen molar-refractivity contribution in [1.29, 1.82) is 0 Å². The Morgan fingerprint density at radius 3 is 2.44 bits per heavy atom. The summed E-state index contributed by atoms with van der Waals surface area (Å²) in [7, 11) is 0. The Balaban J connectivity index is 2.09. The lowest BCUT2D eigenvalue weighted by Crippen LogP contribution is -1.97. The summed E-state index contributed by atoms with van der Waals surface area (Å²) in [5.41, 5.74) is 2.41. The highest BCUT2D eigenvalue weighted by atomic mass is 35.5. The van der Waals surface area contributed by atoms with E-state index in [1.807, 2.05) is 36.4 Å². The normalized spacial score (nSPS) is 10.1. The first-order valence-electron chi connectivity index (χ1n) is 5.19. The third kappa shape index (κ3) is 2.56. The second-order valence-electron chi connectivity index (χ2n) is 3.65. The van der Waals surface area contributed by atoms with Crippen molar-refractivity contribution in [2.45, 2.75) is 13.5 Å². The molecule has 0 amide bonds. The molecule has 0 unspecified atom stereocenters. The first-order valence-corrected chi connectivity index (χ1v) is 5.57. The van der Waals surface area contributed by atoms with Crippen molar-refractivity contribution >= 4 is 11.6 Å². The summed E-state index contributed by atoms with van der Waals surface area (Å²) >= 11 is 6.01. The third-order valence-electron chi connectivity index (χ3n) is 2.48. The van der Waals surface area contributed by atoms with E-state index in [4.69, 9.17) is 16.3 Å². The van der Waals surface area contributed by atoms with E-state index in [-0.39, 0.29) is 0 Å². The fourth-order valence-corrected chi connectivity index (χ4v) is 1.68. The molecule has 2 rings (SSSR count). The molecule has 0 aliphatic heterocycles. The lowest BCUT2D eigenvalue weighted by Gasteiger charge is -2.09. The number of rotatable bonds is 3. The molecule has 0 bridgehead atoms. The minimum atomic E-state index is 0.552. The van der Waals surface area contributed by atoms with Gasteiger partial charge >= 0.3 is 0 Å². The quantitative estimate of drug-likeness (QED) is 0.770. The van der Waals surface area contributed by atoms with Crippen LogP contribution in [0.1, 0.15) is 11.1 Å². The Morgan fingerprint density at radius 1 is 1.00 bits per heavy atom. The molecular weight excluding hydrogens is 220 g/mol. The van der Waals surface area contributed by atoms with Crippen molar-refractivity contribution in [2.24, 2.45) is 0 Å². The Morgan fingerprint density at radius 2 is 1.69 bits per heavy atom. The van der Waals surface area contributed by atoms with Gasteiger partial charge in [0.05, 0.1) is 5.02 Å². The van der Waals surface area contributed by atoms with Crippen LogP contribution in [0, 0.1) is 6.92 Å². The Labute approximate surface area is 101 Å². The van der Waals surface area contributed by atoms with Crippen molar-refractivity contribution in [3.63, 3.8) is 0 Å². The maximum atomic E-state index is 6.01. The Bertz CT molecular complexity index is 434. The summed E-state index contributed by atoms with van der Waals surface area (Å²) in [6, 6.07) is 15.7. The van der Waals surface area contributed by atoms with Gasteiger partial charge in [-0.2, -0.15) is 0 Å². The summed E-state index contributed by atoms with van der Waals surface area (Å²) in [5.74, 6) is 0.729. The SMILES string of the molecule is Cc1ccccc1COc1ccccc1Cl. The fourth-order valence-electron chi connectivity index (χ4n) is 1.49. The first-order chi connectivity index (χ1) is 7.77. The molecule has 0 saturated carbocycles. The molecule has 2 aromatic rings. The van der Waals surface area contributed by atoms with Crippen molar-refractivity contribution in [2.75, 3.05) is 0 Å². The van der Waals surface area contributed by atoms with Crippen LogP contribution in [-0.2, 0) is 6.61 Å². The highest BCUT2D eigenvalue weighted by Gasteiger charge is 2.01. The smallest absolute Gasteiger partial charge is 0.138 e. The maximum Gasteiger partial charge on any atom is 0.138 e. The average Bonchev–Trinajstić information content (AvgIpc) is 2.30. The largest absolute Gasteiger partial charge is 0.487 e. The summed E-state index contributed by atoms with van der Waals surface area (Å²) in [4.78, 5) is 0. The van der Waals surface area contributed by atoms with E-state index < -0.39 is 0 Å². The monoisotopic (exact) mass is 232 g/mol. The van der Waals surface area contributed by atoms with Gasteiger partial charge in [-0.15, -0.1) is 0 Å². The molecule has 2 heteroatoms. The van der Waals surface area contributed by atoms with Gasteiger partial charge in [0, 0.05) is 0 Å². The number of hydrogen-bond acceptors (Lipinski definition) is 1. The molecule has 0 atom stereocenters. The van der Waals surface area contributed by atoms with Gasteiger partial charge in [-0.05, 0) is 30.2 Å². The Kier molecular flexibility index (Phi) is 3.47. The molecule has 0 saturated heterocycles. The second-order valence-corrected chi connectivity index (χ2v) is 4.05. The van der Waals surface area contributed by atoms with Gasteiger partial charge in [0.15, 0.2) is 0 Å². The predicted molar refractivity (Wildman–Crippen MR) is 67.0 cm³/mol. The molecular formula is C14H13ClO. The van der Waals surface area contributed by atoms with E-state index in [9.17, 15) is 0 Å². The molecule has 0 radical (unpaired) electrons. The van der Waals surface area contributed by atoms with Crippen molar-refractivity contribution in [3.8, 4) is 5.75 Å². The van der Waals surface area contributed by atoms with Crippen LogP contribution < -0.4 is 4.74 Å². The summed E-state index contributed by atoms with van der Waals surface area (Å²) < 4.78 is 5.67. The van der Waals surface area contributed by atoms with E-state index in [1.165, 1.54) is 11.1 Å². The van der Waals surface area contributed by atoms with Crippen molar-refractivity contribution in [1.82, 2.24) is 0 Å². The van der Waals surface area contributed by atoms with Crippen molar-refractivity contribution < 1.29 is 4.74 Å². The molecule has 0 fully saturated rings. The van der Waals surface area contributed by atoms with E-state index in [1.54, 1.807) is 0 Å². The van der Waals surface area contributed by atoms with Crippen LogP contribution in [0.3, 0.4) is 0 Å². The molecule has 0 N–H and O–H groups in total. The van der Waals surface area contributed by atoms with E-state index in [0.717, 1.165) is 5.75 Å². The molecule has 0 aliphatic carbocycles. The van der Waals surface area contributed by atoms with E-state index in [2.05, 4.69) is 19.1 Å². The fraction of sp³-hybridized carbons (Fsp3) is 0.143. The standard InChI is InChI=1S/C14H13ClO/c1-11-6-2-3-7-12(11)10-16-14-9-5-4-8-13(14)15/h2-9H,10H2,1H3. The highest BCUT2D eigenvalue weighted by molar-refractivity contribution is 6.32. The van der Waals surface area contributed by atoms with Gasteiger partial charge < -0.3 is 4.74 Å². The van der Waals surface area contributed by atoms with E-state index in [0.29, 0.717) is 11.6 Å². The first kappa shape index (κ1) is 11.0. The zero-order chi connectivity index (χ0) is 11.4. The molecule has 0 spiro atoms. The molecule has 82 valence electrons. The van der Waals surface area contributed by atoms with Gasteiger partial charge in [-0.25, -0.2) is 0 Å². The molecule has 0 aliphatic rings. The Hall–Kier alpha value is -1.47. The summed E-state index contributed by atoms with van der Waals surface area (Å²) in [6.07, 6.45) is 0. The van der Waals surface area contributed by atoms with Crippen LogP contribution in [-0.4, -0.2) is 0 Å². The van der Waals surface area contributed by atoms with Gasteiger partial charge in [0.1, 0.15) is 12.4 Å². The van der Waals surface area contributed by atoms with E-state index >= 15 is 0 Å². The molecule has 2 aromatic carbocycles. The maximum absolute atomic E-state index is 6.01. The van der Waals surface area contributed by atoms with Crippen LogP contribution in [0.5, 0.6) is 5.75 Å². The predicted octanol–water partition coefficient (Wildman–Crippen LogP) is 4.23. The zero-order valence-corrected chi connectivity index (χ0v) is 9.87. The topological polar surface area (TPSA) is 9.23 Å². The lowest BCUT2D eigenvalue weighted by atomic mass is 10.1. The molecule has 0 aromatic heterocycles. The van der Waals surface area contributed by atoms with Gasteiger partial charge in [0.25, 0.3) is 0 Å². The van der Waals surface area contributed by atoms with Crippen LogP contribution in [0.15, 0.2) is 48.5 Å². The highest BCUT2D eigenvalue weighted by Crippen LogP contribution is 2.24. The minimum absolute atomic E-state index is 0.552. The number of hydrogen-bond donors (Lipinski definition) is 0. The van der Waals surface area contributed by atoms with Gasteiger partial charge in [-0.1, -0.05) is 48.0 Å². The van der Waals surface area contributed by atoms with Gasteiger partial charge in [-0.3, -0.25) is 0 Å².